The first kappa shape index (κ1) is 22.2. The molecule has 0 atom stereocenters. The van der Waals surface area contributed by atoms with Crippen LogP contribution < -0.4 is 14.2 Å². The van der Waals surface area contributed by atoms with Crippen LogP contribution in [-0.4, -0.2) is 19.2 Å². The summed E-state index contributed by atoms with van der Waals surface area (Å²) in [5.41, 5.74) is 0.913. The van der Waals surface area contributed by atoms with Gasteiger partial charge in [0.15, 0.2) is 0 Å². The molecule has 0 aliphatic rings. The minimum atomic E-state index is -0.402. The number of hydrogen-bond acceptors (Lipinski definition) is 4. The van der Waals surface area contributed by atoms with Gasteiger partial charge >= 0.3 is 5.97 Å². The average Bonchev–Trinajstić information content (AvgIpc) is 2.81. The van der Waals surface area contributed by atoms with Crippen LogP contribution in [0.2, 0.25) is 0 Å². The van der Waals surface area contributed by atoms with Crippen molar-refractivity contribution >= 4 is 12.0 Å². The summed E-state index contributed by atoms with van der Waals surface area (Å²) in [6, 6.07) is 26.6. The highest BCUT2D eigenvalue weighted by molar-refractivity contribution is 5.88. The lowest BCUT2D eigenvalue weighted by Gasteiger charge is -2.07. The molecule has 0 unspecified atom stereocenters. The zero-order valence-corrected chi connectivity index (χ0v) is 17.6. The molecule has 0 radical (unpaired) electrons. The molecule has 0 aliphatic heterocycles. The van der Waals surface area contributed by atoms with Crippen molar-refractivity contribution in [2.75, 3.05) is 13.2 Å². The molecule has 0 saturated carbocycles. The summed E-state index contributed by atoms with van der Waals surface area (Å²) in [5.74, 6) is 1.89. The van der Waals surface area contributed by atoms with Gasteiger partial charge in [0, 0.05) is 6.08 Å². The summed E-state index contributed by atoms with van der Waals surface area (Å²) >= 11 is 0. The van der Waals surface area contributed by atoms with E-state index >= 15 is 0 Å². The van der Waals surface area contributed by atoms with Gasteiger partial charge in [-0.1, -0.05) is 48.5 Å². The number of para-hydroxylation sites is 2. The van der Waals surface area contributed by atoms with E-state index in [1.54, 1.807) is 18.2 Å². The second-order valence-corrected chi connectivity index (χ2v) is 7.06. The number of hydrogen-bond donors (Lipinski definition) is 0. The number of unbranched alkanes of at least 4 members (excludes halogenated alkanes) is 3. The van der Waals surface area contributed by atoms with Gasteiger partial charge in [0.05, 0.1) is 13.2 Å². The van der Waals surface area contributed by atoms with Crippen LogP contribution in [-0.2, 0) is 4.79 Å². The molecule has 0 spiro atoms. The van der Waals surface area contributed by atoms with Gasteiger partial charge in [0.25, 0.3) is 0 Å². The fourth-order valence-corrected chi connectivity index (χ4v) is 2.93. The molecule has 3 aromatic carbocycles. The molecule has 0 N–H and O–H groups in total. The second kappa shape index (κ2) is 12.9. The van der Waals surface area contributed by atoms with Crippen LogP contribution in [0.1, 0.15) is 31.2 Å². The molecule has 3 aromatic rings. The fourth-order valence-electron chi connectivity index (χ4n) is 2.93. The average molecular weight is 417 g/mol. The third-order valence-electron chi connectivity index (χ3n) is 4.57. The van der Waals surface area contributed by atoms with Crippen LogP contribution in [0.3, 0.4) is 0 Å². The molecule has 0 amide bonds. The summed E-state index contributed by atoms with van der Waals surface area (Å²) in [7, 11) is 0. The van der Waals surface area contributed by atoms with E-state index in [0.717, 1.165) is 49.4 Å². The maximum absolute atomic E-state index is 11.9. The largest absolute Gasteiger partial charge is 0.494 e. The lowest BCUT2D eigenvalue weighted by molar-refractivity contribution is -0.128. The molecule has 4 nitrogen and oxygen atoms in total. The van der Waals surface area contributed by atoms with Gasteiger partial charge in [-0.15, -0.1) is 0 Å². The SMILES string of the molecule is O=C(/C=C/c1ccc(OCCCCCCOc2ccccc2)cc1)Oc1ccccc1. The second-order valence-electron chi connectivity index (χ2n) is 7.06. The van der Waals surface area contributed by atoms with Gasteiger partial charge in [0.1, 0.15) is 17.2 Å². The van der Waals surface area contributed by atoms with Gasteiger partial charge in [-0.05, 0) is 73.7 Å². The molecular weight excluding hydrogens is 388 g/mol. The molecule has 0 bridgehead atoms. The summed E-state index contributed by atoms with van der Waals surface area (Å²) in [4.78, 5) is 11.9. The predicted molar refractivity (Wildman–Crippen MR) is 123 cm³/mol. The molecule has 31 heavy (non-hydrogen) atoms. The van der Waals surface area contributed by atoms with Crippen LogP contribution in [0, 0.1) is 0 Å². The summed E-state index contributed by atoms with van der Waals surface area (Å²) < 4.78 is 16.7. The predicted octanol–water partition coefficient (Wildman–Crippen LogP) is 6.32. The van der Waals surface area contributed by atoms with E-state index in [0.29, 0.717) is 12.4 Å². The molecular formula is C27H28O4. The smallest absolute Gasteiger partial charge is 0.336 e. The monoisotopic (exact) mass is 416 g/mol. The van der Waals surface area contributed by atoms with Crippen molar-refractivity contribution in [2.45, 2.75) is 25.7 Å². The number of carbonyl (C=O) groups is 1. The third kappa shape index (κ3) is 8.79. The maximum atomic E-state index is 11.9. The van der Waals surface area contributed by atoms with E-state index in [4.69, 9.17) is 14.2 Å². The Hall–Kier alpha value is -3.53. The van der Waals surface area contributed by atoms with Gasteiger partial charge < -0.3 is 14.2 Å². The van der Waals surface area contributed by atoms with Gasteiger partial charge in [-0.2, -0.15) is 0 Å². The number of rotatable bonds is 12. The molecule has 0 saturated heterocycles. The molecule has 0 aromatic heterocycles. The molecule has 160 valence electrons. The Balaban J connectivity index is 1.26. The van der Waals surface area contributed by atoms with Crippen molar-refractivity contribution < 1.29 is 19.0 Å². The number of carbonyl (C=O) groups excluding carboxylic acids is 1. The lowest BCUT2D eigenvalue weighted by atomic mass is 10.2. The molecule has 3 rings (SSSR count). The highest BCUT2D eigenvalue weighted by Crippen LogP contribution is 2.15. The normalized spacial score (nSPS) is 10.7. The van der Waals surface area contributed by atoms with Crippen molar-refractivity contribution in [3.63, 3.8) is 0 Å². The Morgan fingerprint density at radius 1 is 0.613 bits per heavy atom. The molecule has 0 fully saturated rings. The molecule has 0 aliphatic carbocycles. The van der Waals surface area contributed by atoms with E-state index in [1.807, 2.05) is 72.8 Å². The van der Waals surface area contributed by atoms with E-state index in [2.05, 4.69) is 0 Å². The number of esters is 1. The van der Waals surface area contributed by atoms with E-state index in [1.165, 1.54) is 6.08 Å². The number of benzene rings is 3. The van der Waals surface area contributed by atoms with Crippen LogP contribution in [0.25, 0.3) is 6.08 Å². The van der Waals surface area contributed by atoms with E-state index < -0.39 is 5.97 Å². The Labute approximate surface area is 184 Å². The quantitative estimate of drug-likeness (QED) is 0.150. The van der Waals surface area contributed by atoms with Crippen LogP contribution in [0.15, 0.2) is 91.0 Å². The first-order valence-corrected chi connectivity index (χ1v) is 10.7. The van der Waals surface area contributed by atoms with Crippen molar-refractivity contribution in [1.29, 1.82) is 0 Å². The Bertz CT molecular complexity index is 918. The van der Waals surface area contributed by atoms with E-state index in [9.17, 15) is 4.79 Å². The summed E-state index contributed by atoms with van der Waals surface area (Å²) in [6.07, 6.45) is 7.44. The minimum absolute atomic E-state index is 0.402. The summed E-state index contributed by atoms with van der Waals surface area (Å²) in [5, 5.41) is 0. The Kier molecular flexibility index (Phi) is 9.23. The topological polar surface area (TPSA) is 44.8 Å². The fraction of sp³-hybridized carbons (Fsp3) is 0.222. The minimum Gasteiger partial charge on any atom is -0.494 e. The van der Waals surface area contributed by atoms with Gasteiger partial charge in [-0.25, -0.2) is 4.79 Å². The maximum Gasteiger partial charge on any atom is 0.336 e. The van der Waals surface area contributed by atoms with Crippen molar-refractivity contribution in [3.05, 3.63) is 96.6 Å². The van der Waals surface area contributed by atoms with Crippen molar-refractivity contribution in [1.82, 2.24) is 0 Å². The first-order valence-electron chi connectivity index (χ1n) is 10.7. The van der Waals surface area contributed by atoms with Crippen molar-refractivity contribution in [2.24, 2.45) is 0 Å². The van der Waals surface area contributed by atoms with Crippen LogP contribution in [0.4, 0.5) is 0 Å². The third-order valence-corrected chi connectivity index (χ3v) is 4.57. The summed E-state index contributed by atoms with van der Waals surface area (Å²) in [6.45, 7) is 1.44. The van der Waals surface area contributed by atoms with Crippen LogP contribution in [0.5, 0.6) is 17.2 Å². The first-order chi connectivity index (χ1) is 15.3. The highest BCUT2D eigenvalue weighted by Gasteiger charge is 2.00. The highest BCUT2D eigenvalue weighted by atomic mass is 16.5. The van der Waals surface area contributed by atoms with Crippen LogP contribution >= 0.6 is 0 Å². The molecule has 0 heterocycles. The Morgan fingerprint density at radius 3 is 1.71 bits per heavy atom. The Morgan fingerprint density at radius 2 is 1.13 bits per heavy atom. The van der Waals surface area contributed by atoms with Gasteiger partial charge in [-0.3, -0.25) is 0 Å². The zero-order chi connectivity index (χ0) is 21.6. The molecule has 4 heteroatoms. The zero-order valence-electron chi connectivity index (χ0n) is 17.6. The number of ether oxygens (including phenoxy) is 3. The van der Waals surface area contributed by atoms with Gasteiger partial charge in [0.2, 0.25) is 0 Å². The van der Waals surface area contributed by atoms with Crippen molar-refractivity contribution in [3.8, 4) is 17.2 Å². The lowest BCUT2D eigenvalue weighted by Crippen LogP contribution is -2.03. The standard InChI is InChI=1S/C27H28O4/c28-27(31-26-13-7-4-8-14-26)20-17-23-15-18-25(19-16-23)30-22-10-2-1-9-21-29-24-11-5-3-6-12-24/h3-8,11-20H,1-2,9-10,21-22H2/b20-17+. The van der Waals surface area contributed by atoms with E-state index in [-0.39, 0.29) is 0 Å².